The molecule has 0 saturated carbocycles. The van der Waals surface area contributed by atoms with Crippen molar-refractivity contribution in [2.24, 2.45) is 40.0 Å². The van der Waals surface area contributed by atoms with Gasteiger partial charge < -0.3 is 39.3 Å². The van der Waals surface area contributed by atoms with Gasteiger partial charge in [0.2, 0.25) is 0 Å². The molecule has 0 atom stereocenters. The smallest absolute Gasteiger partial charge is 0.0110 e. The minimum absolute atomic E-state index is 0.368. The van der Waals surface area contributed by atoms with Crippen molar-refractivity contribution in [1.29, 1.82) is 0 Å². The van der Waals surface area contributed by atoms with Crippen molar-refractivity contribution in [3.8, 4) is 0 Å². The minimum Gasteiger partial charge on any atom is -0.329 e. The molecule has 0 amide bonds. The van der Waals surface area contributed by atoms with Gasteiger partial charge in [-0.05, 0) is 24.3 Å². The van der Waals surface area contributed by atoms with Crippen LogP contribution in [0.5, 0.6) is 0 Å². The van der Waals surface area contributed by atoms with E-state index in [4.69, 9.17) is 28.7 Å². The highest BCUT2D eigenvalue weighted by molar-refractivity contribution is 4.71. The number of hydrogen-bond acceptors (Lipinski definition) is 11. The average molecular weight is 590 g/mol. The van der Waals surface area contributed by atoms with Gasteiger partial charge in [-0.2, -0.15) is 0 Å². The molecule has 41 heavy (non-hydrogen) atoms. The van der Waals surface area contributed by atoms with Crippen LogP contribution in [-0.2, 0) is 0 Å². The second-order valence-corrected chi connectivity index (χ2v) is 12.9. The Morgan fingerprint density at radius 2 is 0.732 bits per heavy atom. The lowest BCUT2D eigenvalue weighted by molar-refractivity contribution is 0.165. The Hall–Kier alpha value is -0.440. The summed E-state index contributed by atoms with van der Waals surface area (Å²) in [5.41, 5.74) is 29.5. The zero-order chi connectivity index (χ0) is 31.4. The Bertz CT molecular complexity index is 508. The largest absolute Gasteiger partial charge is 0.329 e. The molecule has 0 radical (unpaired) electrons. The van der Waals surface area contributed by atoms with Gasteiger partial charge >= 0.3 is 0 Å². The second kappa shape index (κ2) is 29.6. The number of rotatable bonds is 27. The number of nitrogens with two attached hydrogens (primary N) is 5. The van der Waals surface area contributed by atoms with Crippen molar-refractivity contribution in [3.63, 3.8) is 0 Å². The highest BCUT2D eigenvalue weighted by Gasteiger charge is 2.13. The maximum absolute atomic E-state index is 5.94. The molecule has 0 fully saturated rings. The Morgan fingerprint density at radius 3 is 1.05 bits per heavy atom. The number of hydrogen-bond donors (Lipinski definition) is 7. The molecule has 11 nitrogen and oxygen atoms in total. The van der Waals surface area contributed by atoms with Crippen LogP contribution in [0.3, 0.4) is 0 Å². The van der Waals surface area contributed by atoms with Gasteiger partial charge in [-0.1, -0.05) is 41.5 Å². The van der Waals surface area contributed by atoms with Crippen molar-refractivity contribution < 1.29 is 0 Å². The summed E-state index contributed by atoms with van der Waals surface area (Å²) >= 11 is 0. The fraction of sp³-hybridized carbons (Fsp3) is 1.00. The summed E-state index contributed by atoms with van der Waals surface area (Å²) in [7, 11) is 0. The van der Waals surface area contributed by atoms with Crippen LogP contribution in [0.4, 0.5) is 0 Å². The molecular weight excluding hydrogens is 514 g/mol. The quantitative estimate of drug-likeness (QED) is 0.0603. The van der Waals surface area contributed by atoms with Gasteiger partial charge in [0.25, 0.3) is 0 Å². The molecule has 12 N–H and O–H groups in total. The van der Waals surface area contributed by atoms with Gasteiger partial charge in [0, 0.05) is 131 Å². The van der Waals surface area contributed by atoms with Crippen LogP contribution >= 0.6 is 0 Å². The van der Waals surface area contributed by atoms with Gasteiger partial charge in [0.15, 0.2) is 0 Å². The average Bonchev–Trinajstić information content (AvgIpc) is 2.89. The van der Waals surface area contributed by atoms with Crippen molar-refractivity contribution in [2.75, 3.05) is 137 Å². The standard InChI is InChI=1S/C26H65N11.C4H10/c1-26(2,3)4-10-32-12-18-35(16-8-30)21-24-37(19-13-33-11-5-27)25-23-36(17-9-31)22-20-34(14-6-28)15-7-29;1-4(2)3/h32-33H,4-25,27-31H2,1-3H3;4H,1-3H3. The zero-order valence-corrected chi connectivity index (χ0v) is 28.3. The van der Waals surface area contributed by atoms with Crippen molar-refractivity contribution >= 4 is 0 Å². The van der Waals surface area contributed by atoms with E-state index in [1.165, 1.54) is 6.42 Å². The topological polar surface area (TPSA) is 167 Å². The van der Waals surface area contributed by atoms with Gasteiger partial charge in [-0.25, -0.2) is 0 Å². The third-order valence-electron chi connectivity index (χ3n) is 6.56. The molecule has 0 aliphatic rings. The first kappa shape index (κ1) is 42.7. The molecule has 250 valence electrons. The summed E-state index contributed by atoms with van der Waals surface area (Å²) in [6, 6.07) is 0. The molecule has 0 unspecified atom stereocenters. The lowest BCUT2D eigenvalue weighted by Crippen LogP contribution is -2.46. The molecule has 0 spiro atoms. The van der Waals surface area contributed by atoms with Crippen LogP contribution in [-0.4, -0.2) is 157 Å². The fourth-order valence-electron chi connectivity index (χ4n) is 4.21. The van der Waals surface area contributed by atoms with E-state index in [1.807, 2.05) is 0 Å². The Morgan fingerprint density at radius 1 is 0.439 bits per heavy atom. The van der Waals surface area contributed by atoms with Crippen molar-refractivity contribution in [1.82, 2.24) is 30.2 Å². The van der Waals surface area contributed by atoms with Crippen LogP contribution in [0.25, 0.3) is 0 Å². The molecule has 0 saturated heterocycles. The van der Waals surface area contributed by atoms with Gasteiger partial charge in [0.05, 0.1) is 0 Å². The predicted molar refractivity (Wildman–Crippen MR) is 181 cm³/mol. The Labute approximate surface area is 255 Å². The molecular formula is C30H75N11. The molecule has 0 aliphatic carbocycles. The maximum Gasteiger partial charge on any atom is 0.0110 e. The lowest BCUT2D eigenvalue weighted by Gasteiger charge is -2.31. The monoisotopic (exact) mass is 590 g/mol. The van der Waals surface area contributed by atoms with E-state index in [-0.39, 0.29) is 0 Å². The van der Waals surface area contributed by atoms with Crippen LogP contribution in [0.2, 0.25) is 0 Å². The molecule has 0 heterocycles. The molecule has 0 aromatic carbocycles. The first-order chi connectivity index (χ1) is 19.5. The molecule has 0 bridgehead atoms. The summed E-state index contributed by atoms with van der Waals surface area (Å²) in [6.45, 7) is 32.2. The lowest BCUT2D eigenvalue weighted by atomic mass is 9.92. The van der Waals surface area contributed by atoms with E-state index >= 15 is 0 Å². The van der Waals surface area contributed by atoms with Crippen LogP contribution < -0.4 is 39.3 Å². The van der Waals surface area contributed by atoms with E-state index in [0.29, 0.717) is 38.1 Å². The first-order valence-electron chi connectivity index (χ1n) is 16.3. The minimum atomic E-state index is 0.368. The van der Waals surface area contributed by atoms with Crippen LogP contribution in [0.1, 0.15) is 48.0 Å². The summed E-state index contributed by atoms with van der Waals surface area (Å²) in [5.74, 6) is 0.833. The van der Waals surface area contributed by atoms with E-state index < -0.39 is 0 Å². The van der Waals surface area contributed by atoms with Crippen molar-refractivity contribution in [2.45, 2.75) is 48.0 Å². The van der Waals surface area contributed by atoms with Gasteiger partial charge in [-0.15, -0.1) is 0 Å². The fourth-order valence-corrected chi connectivity index (χ4v) is 4.21. The van der Waals surface area contributed by atoms with Gasteiger partial charge in [-0.3, -0.25) is 19.6 Å². The number of nitrogens with zero attached hydrogens (tertiary/aromatic N) is 4. The van der Waals surface area contributed by atoms with Crippen LogP contribution in [0.15, 0.2) is 0 Å². The van der Waals surface area contributed by atoms with E-state index in [1.54, 1.807) is 0 Å². The maximum atomic E-state index is 5.94. The second-order valence-electron chi connectivity index (χ2n) is 12.9. The highest BCUT2D eigenvalue weighted by Crippen LogP contribution is 2.16. The predicted octanol–water partition coefficient (Wildman–Crippen LogP) is -0.734. The van der Waals surface area contributed by atoms with E-state index in [2.05, 4.69) is 71.8 Å². The third-order valence-corrected chi connectivity index (χ3v) is 6.56. The summed E-state index contributed by atoms with van der Waals surface area (Å²) in [4.78, 5) is 9.86. The Kier molecular flexibility index (Phi) is 30.8. The third kappa shape index (κ3) is 32.3. The molecule has 0 aromatic rings. The SMILES string of the molecule is CC(C)(C)CCNCCN(CCN)CCN(CCNCCN)CCN(CCN)CCN(CCN)CCN.CC(C)C. The molecule has 0 aliphatic heterocycles. The normalized spacial score (nSPS) is 12.3. The highest BCUT2D eigenvalue weighted by atomic mass is 15.2. The van der Waals surface area contributed by atoms with Crippen LogP contribution in [0, 0.1) is 11.3 Å². The Balaban J connectivity index is 0. The number of nitrogens with one attached hydrogen (secondary N) is 2. The first-order valence-corrected chi connectivity index (χ1v) is 16.3. The summed E-state index contributed by atoms with van der Waals surface area (Å²) in [5, 5.41) is 7.05. The van der Waals surface area contributed by atoms with E-state index in [9.17, 15) is 0 Å². The molecule has 0 aromatic heterocycles. The van der Waals surface area contributed by atoms with E-state index in [0.717, 1.165) is 111 Å². The zero-order valence-electron chi connectivity index (χ0n) is 28.3. The molecule has 0 rings (SSSR count). The van der Waals surface area contributed by atoms with Crippen molar-refractivity contribution in [3.05, 3.63) is 0 Å². The van der Waals surface area contributed by atoms with Gasteiger partial charge in [0.1, 0.15) is 0 Å². The summed E-state index contributed by atoms with van der Waals surface area (Å²) < 4.78 is 0. The molecule has 11 heteroatoms. The summed E-state index contributed by atoms with van der Waals surface area (Å²) in [6.07, 6.45) is 1.18.